The summed E-state index contributed by atoms with van der Waals surface area (Å²) in [5.41, 5.74) is 8.42. The molecule has 0 bridgehead atoms. The molecule has 4 heterocycles. The Balaban J connectivity index is 1.02. The molecule has 1 amide bonds. The van der Waals surface area contributed by atoms with Gasteiger partial charge in [-0.1, -0.05) is 36.4 Å². The standard InChI is InChI=1S/C37H40N6O3/c1-36(2,3)46-35(44)43-37(16-5-17-37)34-40-27-14-12-24(20-30(27)41-34)22-7-9-23(10-8-22)25-11-13-26-31(21-25)45-19-15-28-32(26)42-33(39-28)29-6-4-18-38-29/h7-14,20-21,29,38H,4-6,15-19H2,1-3H3,(H,39,42)(H,40,41)(H,43,44). The third kappa shape index (κ3) is 5.32. The van der Waals surface area contributed by atoms with Crippen LogP contribution >= 0.6 is 0 Å². The molecule has 1 unspecified atom stereocenters. The van der Waals surface area contributed by atoms with Gasteiger partial charge in [-0.05, 0) is 106 Å². The molecule has 0 radical (unpaired) electrons. The quantitative estimate of drug-likeness (QED) is 0.162. The number of ether oxygens (including phenoxy) is 2. The maximum atomic E-state index is 12.6. The normalized spacial score (nSPS) is 18.6. The van der Waals surface area contributed by atoms with Gasteiger partial charge >= 0.3 is 6.09 Å². The molecule has 3 aromatic carbocycles. The van der Waals surface area contributed by atoms with E-state index >= 15 is 0 Å². The molecule has 0 spiro atoms. The number of aromatic nitrogens is 4. The summed E-state index contributed by atoms with van der Waals surface area (Å²) in [6.07, 6.45) is 5.40. The first-order valence-corrected chi connectivity index (χ1v) is 16.4. The summed E-state index contributed by atoms with van der Waals surface area (Å²) in [4.78, 5) is 29.6. The fourth-order valence-electron chi connectivity index (χ4n) is 6.92. The van der Waals surface area contributed by atoms with Gasteiger partial charge in [-0.15, -0.1) is 0 Å². The first-order valence-electron chi connectivity index (χ1n) is 16.4. The van der Waals surface area contributed by atoms with Crippen molar-refractivity contribution in [3.8, 4) is 39.3 Å². The smallest absolute Gasteiger partial charge is 0.408 e. The van der Waals surface area contributed by atoms with Crippen molar-refractivity contribution in [2.45, 2.75) is 76.5 Å². The highest BCUT2D eigenvalue weighted by Crippen LogP contribution is 2.42. The number of alkyl carbamates (subject to hydrolysis) is 1. The average molecular weight is 617 g/mol. The van der Waals surface area contributed by atoms with E-state index in [2.05, 4.69) is 75.2 Å². The maximum Gasteiger partial charge on any atom is 0.408 e. The molecular weight excluding hydrogens is 576 g/mol. The van der Waals surface area contributed by atoms with Gasteiger partial charge in [0.1, 0.15) is 28.5 Å². The van der Waals surface area contributed by atoms with E-state index < -0.39 is 17.2 Å². The monoisotopic (exact) mass is 616 g/mol. The van der Waals surface area contributed by atoms with Crippen LogP contribution in [0.2, 0.25) is 0 Å². The van der Waals surface area contributed by atoms with Crippen LogP contribution in [0.25, 0.3) is 44.5 Å². The van der Waals surface area contributed by atoms with Crippen LogP contribution in [0.15, 0.2) is 60.7 Å². The molecule has 4 N–H and O–H groups in total. The molecule has 46 heavy (non-hydrogen) atoms. The minimum absolute atomic E-state index is 0.311. The summed E-state index contributed by atoms with van der Waals surface area (Å²) in [7, 11) is 0. The van der Waals surface area contributed by atoms with Crippen LogP contribution in [-0.4, -0.2) is 44.8 Å². The summed E-state index contributed by atoms with van der Waals surface area (Å²) in [6.45, 7) is 7.29. The molecule has 2 aromatic heterocycles. The maximum absolute atomic E-state index is 12.6. The van der Waals surface area contributed by atoms with E-state index in [1.807, 2.05) is 26.8 Å². The Morgan fingerprint density at radius 2 is 1.67 bits per heavy atom. The Labute approximate surface area is 268 Å². The molecule has 9 nitrogen and oxygen atoms in total. The zero-order valence-corrected chi connectivity index (χ0v) is 26.6. The van der Waals surface area contributed by atoms with Crippen LogP contribution < -0.4 is 15.4 Å². The number of H-pyrrole nitrogens is 2. The van der Waals surface area contributed by atoms with Crippen LogP contribution in [-0.2, 0) is 16.7 Å². The molecule has 9 heteroatoms. The summed E-state index contributed by atoms with van der Waals surface area (Å²) in [6, 6.07) is 21.7. The van der Waals surface area contributed by atoms with Gasteiger partial charge in [0.05, 0.1) is 29.4 Å². The number of aromatic amines is 2. The second-order valence-corrected chi connectivity index (χ2v) is 13.9. The predicted octanol–water partition coefficient (Wildman–Crippen LogP) is 7.55. The summed E-state index contributed by atoms with van der Waals surface area (Å²) >= 11 is 0. The number of hydrogen-bond acceptors (Lipinski definition) is 6. The van der Waals surface area contributed by atoms with Crippen molar-refractivity contribution in [3.63, 3.8) is 0 Å². The minimum Gasteiger partial charge on any atom is -0.492 e. The van der Waals surface area contributed by atoms with Crippen LogP contribution in [0.4, 0.5) is 4.79 Å². The Morgan fingerprint density at radius 3 is 2.37 bits per heavy atom. The fraction of sp³-hybridized carbons (Fsp3) is 0.378. The lowest BCUT2D eigenvalue weighted by Gasteiger charge is -2.40. The Bertz CT molecular complexity index is 1920. The Hall–Kier alpha value is -4.63. The van der Waals surface area contributed by atoms with Crippen molar-refractivity contribution in [1.82, 2.24) is 30.6 Å². The van der Waals surface area contributed by atoms with Crippen molar-refractivity contribution < 1.29 is 14.3 Å². The summed E-state index contributed by atoms with van der Waals surface area (Å²) in [5, 5.41) is 6.65. The topological polar surface area (TPSA) is 117 Å². The first-order chi connectivity index (χ1) is 22.2. The molecule has 8 rings (SSSR count). The van der Waals surface area contributed by atoms with Gasteiger partial charge in [0.2, 0.25) is 0 Å². The predicted molar refractivity (Wildman–Crippen MR) is 179 cm³/mol. The molecule has 3 aliphatic rings. The molecule has 1 atom stereocenters. The lowest BCUT2D eigenvalue weighted by Crippen LogP contribution is -2.52. The largest absolute Gasteiger partial charge is 0.492 e. The Kier molecular flexibility index (Phi) is 6.90. The van der Waals surface area contributed by atoms with E-state index in [0.29, 0.717) is 12.6 Å². The van der Waals surface area contributed by atoms with Crippen molar-refractivity contribution in [3.05, 3.63) is 78.0 Å². The molecule has 1 saturated carbocycles. The number of fused-ring (bicyclic) bond motifs is 4. The lowest BCUT2D eigenvalue weighted by atomic mass is 9.76. The highest BCUT2D eigenvalue weighted by atomic mass is 16.6. The zero-order valence-electron chi connectivity index (χ0n) is 26.6. The zero-order chi connectivity index (χ0) is 31.5. The van der Waals surface area contributed by atoms with Gasteiger partial charge in [-0.3, -0.25) is 0 Å². The number of carbonyl (C=O) groups excluding carboxylic acids is 1. The number of imidazole rings is 2. The van der Waals surface area contributed by atoms with E-state index in [0.717, 1.165) is 106 Å². The second-order valence-electron chi connectivity index (χ2n) is 13.9. The van der Waals surface area contributed by atoms with E-state index in [1.165, 1.54) is 6.42 Å². The van der Waals surface area contributed by atoms with Crippen molar-refractivity contribution in [1.29, 1.82) is 0 Å². The number of carbonyl (C=O) groups is 1. The molecule has 1 aliphatic carbocycles. The van der Waals surface area contributed by atoms with Gasteiger partial charge in [-0.25, -0.2) is 14.8 Å². The summed E-state index contributed by atoms with van der Waals surface area (Å²) in [5.74, 6) is 2.70. The summed E-state index contributed by atoms with van der Waals surface area (Å²) < 4.78 is 11.8. The number of benzene rings is 3. The van der Waals surface area contributed by atoms with Crippen molar-refractivity contribution >= 4 is 17.1 Å². The fourth-order valence-corrected chi connectivity index (χ4v) is 6.92. The number of nitrogens with one attached hydrogen (secondary N) is 4. The number of amides is 1. The van der Waals surface area contributed by atoms with Gasteiger partial charge in [-0.2, -0.15) is 0 Å². The lowest BCUT2D eigenvalue weighted by molar-refractivity contribution is 0.0366. The average Bonchev–Trinajstić information content (AvgIpc) is 3.76. The van der Waals surface area contributed by atoms with Crippen LogP contribution in [0, 0.1) is 0 Å². The van der Waals surface area contributed by atoms with E-state index in [1.54, 1.807) is 0 Å². The van der Waals surface area contributed by atoms with E-state index in [9.17, 15) is 4.79 Å². The van der Waals surface area contributed by atoms with E-state index in [-0.39, 0.29) is 0 Å². The van der Waals surface area contributed by atoms with Crippen molar-refractivity contribution in [2.75, 3.05) is 13.2 Å². The number of hydrogen-bond donors (Lipinski definition) is 4. The number of rotatable bonds is 5. The molecule has 2 aliphatic heterocycles. The highest BCUT2D eigenvalue weighted by molar-refractivity contribution is 5.83. The molecule has 1 saturated heterocycles. The van der Waals surface area contributed by atoms with Gasteiger partial charge < -0.3 is 30.1 Å². The molecule has 2 fully saturated rings. The molecular formula is C37H40N6O3. The second kappa shape index (κ2) is 11.0. The third-order valence-corrected chi connectivity index (χ3v) is 9.47. The highest BCUT2D eigenvalue weighted by Gasteiger charge is 2.44. The number of nitrogens with zero attached hydrogens (tertiary/aromatic N) is 2. The van der Waals surface area contributed by atoms with Gasteiger partial charge in [0.25, 0.3) is 0 Å². The first kappa shape index (κ1) is 28.8. The minimum atomic E-state index is -0.554. The third-order valence-electron chi connectivity index (χ3n) is 9.47. The van der Waals surface area contributed by atoms with Crippen LogP contribution in [0.3, 0.4) is 0 Å². The van der Waals surface area contributed by atoms with E-state index in [4.69, 9.17) is 19.4 Å². The van der Waals surface area contributed by atoms with Gasteiger partial charge in [0.15, 0.2) is 0 Å². The molecule has 236 valence electrons. The SMILES string of the molecule is CC(C)(C)OC(=O)NC1(c2nc3ccc(-c4ccc(-c5ccc6c(c5)OCCc5[nH]c(C7CCCN7)nc5-6)cc4)cc3[nH]2)CCC1. The van der Waals surface area contributed by atoms with Crippen molar-refractivity contribution in [2.24, 2.45) is 0 Å². The Morgan fingerprint density at radius 1 is 0.935 bits per heavy atom. The van der Waals surface area contributed by atoms with Gasteiger partial charge in [0, 0.05) is 17.7 Å². The molecule has 5 aromatic rings. The van der Waals surface area contributed by atoms with Crippen LogP contribution in [0.1, 0.15) is 76.3 Å². The van der Waals surface area contributed by atoms with Crippen LogP contribution in [0.5, 0.6) is 5.75 Å².